The topological polar surface area (TPSA) is 102 Å². The van der Waals surface area contributed by atoms with Crippen molar-refractivity contribution < 1.29 is 0 Å². The summed E-state index contributed by atoms with van der Waals surface area (Å²) in [5.41, 5.74) is 11.3. The summed E-state index contributed by atoms with van der Waals surface area (Å²) in [5, 5.41) is 8.32. The van der Waals surface area contributed by atoms with Gasteiger partial charge in [-0.2, -0.15) is 10.2 Å². The van der Waals surface area contributed by atoms with Crippen molar-refractivity contribution in [2.24, 2.45) is 0 Å². The van der Waals surface area contributed by atoms with Crippen LogP contribution in [0.1, 0.15) is 5.56 Å². The minimum absolute atomic E-state index is 0.129. The summed E-state index contributed by atoms with van der Waals surface area (Å²) in [7, 11) is 0. The summed E-state index contributed by atoms with van der Waals surface area (Å²) in [4.78, 5) is 7.38. The Morgan fingerprint density at radius 2 is 2.27 bits per heavy atom. The minimum Gasteiger partial charge on any atom is -0.383 e. The molecule has 1 rings (SSSR count). The first-order chi connectivity index (χ1) is 5.24. The van der Waals surface area contributed by atoms with Gasteiger partial charge < -0.3 is 11.5 Å². The van der Waals surface area contributed by atoms with E-state index in [2.05, 4.69) is 9.97 Å². The Hall–Kier alpha value is -1.83. The van der Waals surface area contributed by atoms with Gasteiger partial charge in [0.1, 0.15) is 5.82 Å². The van der Waals surface area contributed by atoms with Gasteiger partial charge in [-0.25, -0.2) is 4.98 Å². The maximum Gasteiger partial charge on any atom is 0.221 e. The monoisotopic (exact) mass is 149 g/mol. The molecule has 0 bridgehead atoms. The zero-order valence-corrected chi connectivity index (χ0v) is 5.78. The van der Waals surface area contributed by atoms with Crippen molar-refractivity contribution in [3.8, 4) is 6.07 Å². The minimum atomic E-state index is 0.129. The first kappa shape index (κ1) is 7.28. The highest BCUT2D eigenvalue weighted by atomic mass is 15.0. The lowest BCUT2D eigenvalue weighted by molar-refractivity contribution is 1.12. The summed E-state index contributed by atoms with van der Waals surface area (Å²) < 4.78 is 0. The van der Waals surface area contributed by atoms with Gasteiger partial charge in [0.05, 0.1) is 12.5 Å². The van der Waals surface area contributed by atoms with Crippen molar-refractivity contribution in [3.05, 3.63) is 11.8 Å². The van der Waals surface area contributed by atoms with Crippen LogP contribution in [0.2, 0.25) is 0 Å². The fraction of sp³-hybridized carbons (Fsp3) is 0.167. The van der Waals surface area contributed by atoms with E-state index in [0.29, 0.717) is 5.56 Å². The van der Waals surface area contributed by atoms with Crippen molar-refractivity contribution in [1.82, 2.24) is 9.97 Å². The van der Waals surface area contributed by atoms with E-state index in [9.17, 15) is 0 Å². The molecule has 1 aromatic heterocycles. The molecule has 0 atom stereocenters. The Morgan fingerprint density at radius 3 is 2.82 bits per heavy atom. The average molecular weight is 149 g/mol. The van der Waals surface area contributed by atoms with E-state index in [4.69, 9.17) is 16.7 Å². The van der Waals surface area contributed by atoms with E-state index in [1.807, 2.05) is 6.07 Å². The van der Waals surface area contributed by atoms with Gasteiger partial charge in [-0.15, -0.1) is 0 Å². The molecule has 11 heavy (non-hydrogen) atoms. The van der Waals surface area contributed by atoms with Crippen molar-refractivity contribution in [2.75, 3.05) is 11.5 Å². The Bertz CT molecular complexity index is 300. The second-order valence-electron chi connectivity index (χ2n) is 1.97. The normalized spacial score (nSPS) is 9.00. The van der Waals surface area contributed by atoms with E-state index >= 15 is 0 Å². The predicted octanol–water partition coefficient (Wildman–Crippen LogP) is -0.293. The van der Waals surface area contributed by atoms with E-state index in [0.717, 1.165) is 0 Å². The maximum absolute atomic E-state index is 8.32. The summed E-state index contributed by atoms with van der Waals surface area (Å²) >= 11 is 0. The summed E-state index contributed by atoms with van der Waals surface area (Å²) in [6, 6.07) is 1.94. The van der Waals surface area contributed by atoms with Crippen LogP contribution in [-0.4, -0.2) is 9.97 Å². The molecule has 4 N–H and O–H groups in total. The van der Waals surface area contributed by atoms with Crippen LogP contribution in [0.3, 0.4) is 0 Å². The number of nitrogens with two attached hydrogens (primary N) is 2. The molecule has 0 saturated carbocycles. The fourth-order valence-electron chi connectivity index (χ4n) is 0.656. The third-order valence-electron chi connectivity index (χ3n) is 1.19. The lowest BCUT2D eigenvalue weighted by atomic mass is 10.2. The molecule has 0 radical (unpaired) electrons. The highest BCUT2D eigenvalue weighted by molar-refractivity contribution is 5.42. The van der Waals surface area contributed by atoms with E-state index in [1.165, 1.54) is 6.20 Å². The summed E-state index contributed by atoms with van der Waals surface area (Å²) in [6.45, 7) is 0. The van der Waals surface area contributed by atoms with Crippen LogP contribution in [0.15, 0.2) is 6.20 Å². The van der Waals surface area contributed by atoms with E-state index in [1.54, 1.807) is 0 Å². The summed E-state index contributed by atoms with van der Waals surface area (Å²) in [6.07, 6.45) is 1.67. The van der Waals surface area contributed by atoms with Gasteiger partial charge in [0.2, 0.25) is 5.95 Å². The molecule has 1 heterocycles. The first-order valence-corrected chi connectivity index (χ1v) is 2.98. The Kier molecular flexibility index (Phi) is 1.88. The average Bonchev–Trinajstić information content (AvgIpc) is 1.95. The number of nitrogens with zero attached hydrogens (tertiary/aromatic N) is 3. The predicted molar refractivity (Wildman–Crippen MR) is 40.2 cm³/mol. The quantitative estimate of drug-likeness (QED) is 0.571. The number of aromatic nitrogens is 2. The van der Waals surface area contributed by atoms with Crippen LogP contribution in [-0.2, 0) is 6.42 Å². The van der Waals surface area contributed by atoms with E-state index < -0.39 is 0 Å². The molecule has 5 nitrogen and oxygen atoms in total. The molecule has 1 aromatic rings. The largest absolute Gasteiger partial charge is 0.383 e. The molecule has 0 spiro atoms. The number of nitrogen functional groups attached to an aromatic ring is 2. The summed E-state index contributed by atoms with van der Waals surface area (Å²) in [5.74, 6) is 0.406. The number of nitriles is 1. The van der Waals surface area contributed by atoms with Gasteiger partial charge in [-0.1, -0.05) is 0 Å². The van der Waals surface area contributed by atoms with Crippen LogP contribution < -0.4 is 11.5 Å². The molecule has 0 fully saturated rings. The first-order valence-electron chi connectivity index (χ1n) is 2.98. The zero-order valence-electron chi connectivity index (χ0n) is 5.78. The number of anilines is 2. The lowest BCUT2D eigenvalue weighted by Crippen LogP contribution is -2.02. The molecule has 0 aliphatic rings. The zero-order chi connectivity index (χ0) is 8.27. The standard InChI is InChI=1S/C6H7N5/c7-2-1-4-3-10-6(9)11-5(4)8/h3H,1H2,(H4,8,9,10,11). The molecule has 0 aromatic carbocycles. The van der Waals surface area contributed by atoms with Crippen molar-refractivity contribution in [3.63, 3.8) is 0 Å². The van der Waals surface area contributed by atoms with Gasteiger partial charge in [0.15, 0.2) is 0 Å². The number of hydrogen-bond donors (Lipinski definition) is 2. The highest BCUT2D eigenvalue weighted by Crippen LogP contribution is 2.07. The van der Waals surface area contributed by atoms with E-state index in [-0.39, 0.29) is 18.2 Å². The number of rotatable bonds is 1. The molecular weight excluding hydrogens is 142 g/mol. The molecule has 0 aliphatic carbocycles. The van der Waals surface area contributed by atoms with Gasteiger partial charge in [0, 0.05) is 11.8 Å². The van der Waals surface area contributed by atoms with Gasteiger partial charge in [-0.3, -0.25) is 0 Å². The maximum atomic E-state index is 8.32. The Labute approximate surface area is 63.7 Å². The lowest BCUT2D eigenvalue weighted by Gasteiger charge is -1.98. The second-order valence-corrected chi connectivity index (χ2v) is 1.97. The van der Waals surface area contributed by atoms with Crippen LogP contribution >= 0.6 is 0 Å². The molecule has 0 saturated heterocycles. The molecule has 0 aliphatic heterocycles. The Morgan fingerprint density at radius 1 is 1.55 bits per heavy atom. The van der Waals surface area contributed by atoms with Crippen LogP contribution in [0.25, 0.3) is 0 Å². The molecular formula is C6H7N5. The molecule has 0 amide bonds. The smallest absolute Gasteiger partial charge is 0.221 e. The molecule has 0 unspecified atom stereocenters. The van der Waals surface area contributed by atoms with Crippen molar-refractivity contribution in [2.45, 2.75) is 6.42 Å². The SMILES string of the molecule is N#CCc1cnc(N)nc1N. The molecule has 5 heteroatoms. The van der Waals surface area contributed by atoms with Gasteiger partial charge >= 0.3 is 0 Å². The van der Waals surface area contributed by atoms with Gasteiger partial charge in [-0.05, 0) is 0 Å². The second kappa shape index (κ2) is 2.84. The molecule has 56 valence electrons. The van der Waals surface area contributed by atoms with Crippen LogP contribution in [0.4, 0.5) is 11.8 Å². The van der Waals surface area contributed by atoms with Crippen LogP contribution in [0, 0.1) is 11.3 Å². The fourth-order valence-corrected chi connectivity index (χ4v) is 0.656. The van der Waals surface area contributed by atoms with Crippen molar-refractivity contribution in [1.29, 1.82) is 5.26 Å². The van der Waals surface area contributed by atoms with Crippen molar-refractivity contribution >= 4 is 11.8 Å². The number of hydrogen-bond acceptors (Lipinski definition) is 5. The Balaban J connectivity index is 3.01. The third-order valence-corrected chi connectivity index (χ3v) is 1.19. The third kappa shape index (κ3) is 1.55. The van der Waals surface area contributed by atoms with Gasteiger partial charge in [0.25, 0.3) is 0 Å². The van der Waals surface area contributed by atoms with Crippen LogP contribution in [0.5, 0.6) is 0 Å². The highest BCUT2D eigenvalue weighted by Gasteiger charge is 1.99.